The summed E-state index contributed by atoms with van der Waals surface area (Å²) < 4.78 is 10.6. The minimum absolute atomic E-state index is 0.105. The zero-order valence-corrected chi connectivity index (χ0v) is 21.3. The lowest BCUT2D eigenvalue weighted by atomic mass is 9.76. The summed E-state index contributed by atoms with van der Waals surface area (Å²) in [6.07, 6.45) is 0.177. The maximum absolute atomic E-state index is 13.8. The van der Waals surface area contributed by atoms with Crippen LogP contribution in [-0.4, -0.2) is 55.3 Å². The molecule has 0 bridgehead atoms. The highest BCUT2D eigenvalue weighted by Gasteiger charge is 2.70. The Morgan fingerprint density at radius 2 is 1.84 bits per heavy atom. The van der Waals surface area contributed by atoms with E-state index in [-0.39, 0.29) is 13.0 Å². The second-order valence-corrected chi connectivity index (χ2v) is 9.96. The van der Waals surface area contributed by atoms with E-state index in [4.69, 9.17) is 26.8 Å². The standard InChI is InChI=1S/C26H27ClN4O6/c1-12-15(27)6-5-14-22(12)29-25(35)26(14)21-20(16(30-26)11-19(28)32)23(33)31(24(21)34)9-8-13-4-7-17(36-2)18(10-13)37-3/h4-7,10,16,20-21,30H,8-9,11H2,1-3H3,(H2,28,32)(H,29,35)/t16?,20-,21+,26?/m1/s1. The van der Waals surface area contributed by atoms with Gasteiger partial charge in [-0.15, -0.1) is 0 Å². The fourth-order valence-corrected chi connectivity index (χ4v) is 6.10. The normalized spacial score (nSPS) is 25.9. The van der Waals surface area contributed by atoms with Gasteiger partial charge in [-0.05, 0) is 42.7 Å². The number of hydrogen-bond acceptors (Lipinski definition) is 7. The van der Waals surface area contributed by atoms with Gasteiger partial charge in [-0.25, -0.2) is 0 Å². The maximum Gasteiger partial charge on any atom is 0.250 e. The van der Waals surface area contributed by atoms with Crippen molar-refractivity contribution in [2.24, 2.45) is 17.6 Å². The lowest BCUT2D eigenvalue weighted by Crippen LogP contribution is -2.53. The van der Waals surface area contributed by atoms with Gasteiger partial charge >= 0.3 is 0 Å². The highest BCUT2D eigenvalue weighted by atomic mass is 35.5. The minimum atomic E-state index is -1.51. The number of amides is 4. The van der Waals surface area contributed by atoms with Crippen LogP contribution >= 0.6 is 11.6 Å². The van der Waals surface area contributed by atoms with Crippen LogP contribution in [0.15, 0.2) is 30.3 Å². The molecule has 2 fully saturated rings. The third-order valence-corrected chi connectivity index (χ3v) is 8.08. The van der Waals surface area contributed by atoms with E-state index in [0.29, 0.717) is 39.8 Å². The summed E-state index contributed by atoms with van der Waals surface area (Å²) in [5, 5.41) is 6.49. The fraction of sp³-hybridized carbons (Fsp3) is 0.385. The second kappa shape index (κ2) is 9.04. The van der Waals surface area contributed by atoms with Gasteiger partial charge in [0.15, 0.2) is 11.5 Å². The predicted molar refractivity (Wildman–Crippen MR) is 134 cm³/mol. The van der Waals surface area contributed by atoms with E-state index in [1.807, 2.05) is 6.07 Å². The summed E-state index contributed by atoms with van der Waals surface area (Å²) in [5.41, 5.74) is 6.51. The number of nitrogens with one attached hydrogen (secondary N) is 2. The molecule has 2 saturated heterocycles. The van der Waals surface area contributed by atoms with Gasteiger partial charge in [0.2, 0.25) is 23.6 Å². The van der Waals surface area contributed by atoms with Gasteiger partial charge in [0.05, 0.1) is 31.7 Å². The molecule has 3 aliphatic rings. The summed E-state index contributed by atoms with van der Waals surface area (Å²) in [6.45, 7) is 1.87. The van der Waals surface area contributed by atoms with Crippen LogP contribution < -0.4 is 25.8 Å². The summed E-state index contributed by atoms with van der Waals surface area (Å²) in [5.74, 6) is -2.84. The van der Waals surface area contributed by atoms with Crippen molar-refractivity contribution in [3.8, 4) is 11.5 Å². The molecular weight excluding hydrogens is 500 g/mol. The third-order valence-electron chi connectivity index (χ3n) is 7.67. The molecule has 0 aliphatic carbocycles. The van der Waals surface area contributed by atoms with Crippen molar-refractivity contribution in [2.45, 2.75) is 31.3 Å². The van der Waals surface area contributed by atoms with Crippen LogP contribution in [0.1, 0.15) is 23.1 Å². The number of methoxy groups -OCH3 is 2. The first kappa shape index (κ1) is 25.0. The van der Waals surface area contributed by atoms with E-state index in [0.717, 1.165) is 5.56 Å². The summed E-state index contributed by atoms with van der Waals surface area (Å²) in [6, 6.07) is 7.94. The molecule has 2 aromatic rings. The molecule has 0 saturated carbocycles. The molecule has 194 valence electrons. The number of hydrogen-bond donors (Lipinski definition) is 3. The highest BCUT2D eigenvalue weighted by Crippen LogP contribution is 2.54. The van der Waals surface area contributed by atoms with Crippen LogP contribution in [0.4, 0.5) is 5.69 Å². The number of ether oxygens (including phenoxy) is 2. The number of nitrogens with zero attached hydrogens (tertiary/aromatic N) is 1. The molecule has 1 spiro atoms. The highest BCUT2D eigenvalue weighted by molar-refractivity contribution is 6.32. The quantitative estimate of drug-likeness (QED) is 0.464. The SMILES string of the molecule is COc1ccc(CCN2C(=O)[C@@H]3C(CC(N)=O)NC4(C(=O)Nc5c4ccc(Cl)c5C)[C@@H]3C2=O)cc1OC. The Balaban J connectivity index is 1.51. The Morgan fingerprint density at radius 3 is 2.51 bits per heavy atom. The third kappa shape index (κ3) is 3.66. The van der Waals surface area contributed by atoms with Crippen molar-refractivity contribution in [2.75, 3.05) is 26.1 Å². The first-order chi connectivity index (χ1) is 17.6. The molecule has 10 nitrogen and oxygen atoms in total. The second-order valence-electron chi connectivity index (χ2n) is 9.55. The zero-order valence-electron chi connectivity index (χ0n) is 20.6. The van der Waals surface area contributed by atoms with Gasteiger partial charge < -0.3 is 20.5 Å². The molecule has 11 heteroatoms. The topological polar surface area (TPSA) is 140 Å². The number of primary amides is 1. The fourth-order valence-electron chi connectivity index (χ4n) is 5.94. The number of anilines is 1. The minimum Gasteiger partial charge on any atom is -0.493 e. The largest absolute Gasteiger partial charge is 0.493 e. The lowest BCUT2D eigenvalue weighted by molar-refractivity contribution is -0.142. The van der Waals surface area contributed by atoms with Crippen molar-refractivity contribution in [1.29, 1.82) is 0 Å². The van der Waals surface area contributed by atoms with Crippen molar-refractivity contribution in [3.05, 3.63) is 52.0 Å². The number of halogens is 1. The summed E-state index contributed by atoms with van der Waals surface area (Å²) in [7, 11) is 3.07. The van der Waals surface area contributed by atoms with Gasteiger partial charge in [-0.1, -0.05) is 23.7 Å². The molecule has 37 heavy (non-hydrogen) atoms. The number of benzene rings is 2. The van der Waals surface area contributed by atoms with E-state index in [1.54, 1.807) is 31.2 Å². The average molecular weight is 527 g/mol. The van der Waals surface area contributed by atoms with Crippen LogP contribution in [0, 0.1) is 18.8 Å². The van der Waals surface area contributed by atoms with Crippen LogP contribution in [0.3, 0.4) is 0 Å². The summed E-state index contributed by atoms with van der Waals surface area (Å²) in [4.78, 5) is 54.1. The smallest absolute Gasteiger partial charge is 0.250 e. The van der Waals surface area contributed by atoms with E-state index in [1.165, 1.54) is 19.1 Å². The molecular formula is C26H27ClN4O6. The van der Waals surface area contributed by atoms with Crippen molar-refractivity contribution in [3.63, 3.8) is 0 Å². The number of imide groups is 1. The molecule has 0 radical (unpaired) electrons. The zero-order chi connectivity index (χ0) is 26.6. The maximum atomic E-state index is 13.8. The van der Waals surface area contributed by atoms with Gasteiger partial charge in [0, 0.05) is 29.6 Å². The number of likely N-dealkylation sites (tertiary alicyclic amines) is 1. The van der Waals surface area contributed by atoms with Crippen molar-refractivity contribution < 1.29 is 28.7 Å². The molecule has 2 aromatic carbocycles. The van der Waals surface area contributed by atoms with E-state index >= 15 is 0 Å². The molecule has 3 aliphatic heterocycles. The Bertz CT molecular complexity index is 1350. The van der Waals surface area contributed by atoms with Crippen LogP contribution in [-0.2, 0) is 31.1 Å². The van der Waals surface area contributed by atoms with Gasteiger partial charge in [-0.2, -0.15) is 0 Å². The van der Waals surface area contributed by atoms with Crippen LogP contribution in [0.2, 0.25) is 5.02 Å². The van der Waals surface area contributed by atoms with Crippen molar-refractivity contribution >= 4 is 40.9 Å². The molecule has 0 aromatic heterocycles. The number of carbonyl (C=O) groups excluding carboxylic acids is 4. The van der Waals surface area contributed by atoms with E-state index in [2.05, 4.69) is 10.6 Å². The number of rotatable bonds is 7. The average Bonchev–Trinajstić information content (AvgIpc) is 3.44. The van der Waals surface area contributed by atoms with Crippen LogP contribution in [0.25, 0.3) is 0 Å². The number of fused-ring (bicyclic) bond motifs is 4. The Hall–Kier alpha value is -3.63. The molecule has 2 unspecified atom stereocenters. The van der Waals surface area contributed by atoms with Gasteiger partial charge in [-0.3, -0.25) is 29.4 Å². The molecule has 4 atom stereocenters. The molecule has 4 amide bonds. The first-order valence-corrected chi connectivity index (χ1v) is 12.2. The van der Waals surface area contributed by atoms with Gasteiger partial charge in [0.1, 0.15) is 5.54 Å². The number of carbonyl (C=O) groups is 4. The Kier molecular flexibility index (Phi) is 6.12. The van der Waals surface area contributed by atoms with Gasteiger partial charge in [0.25, 0.3) is 0 Å². The summed E-state index contributed by atoms with van der Waals surface area (Å²) >= 11 is 6.28. The lowest BCUT2D eigenvalue weighted by Gasteiger charge is -2.29. The monoisotopic (exact) mass is 526 g/mol. The first-order valence-electron chi connectivity index (χ1n) is 11.9. The van der Waals surface area contributed by atoms with Crippen molar-refractivity contribution in [1.82, 2.24) is 10.2 Å². The molecule has 4 N–H and O–H groups in total. The Morgan fingerprint density at radius 1 is 1.11 bits per heavy atom. The molecule has 5 rings (SSSR count). The van der Waals surface area contributed by atoms with Crippen LogP contribution in [0.5, 0.6) is 11.5 Å². The van der Waals surface area contributed by atoms with E-state index in [9.17, 15) is 19.2 Å². The predicted octanol–water partition coefficient (Wildman–Crippen LogP) is 1.50. The Labute approximate surface area is 218 Å². The van der Waals surface area contributed by atoms with E-state index < -0.39 is 47.0 Å². The molecule has 3 heterocycles. The number of nitrogens with two attached hydrogens (primary N) is 1.